The van der Waals surface area contributed by atoms with E-state index < -0.39 is 52.9 Å². The summed E-state index contributed by atoms with van der Waals surface area (Å²) >= 11 is 0. The molecule has 14 heteroatoms. The number of anilines is 2. The lowest BCUT2D eigenvalue weighted by Crippen LogP contribution is -2.34. The Labute approximate surface area is 219 Å². The fourth-order valence-corrected chi connectivity index (χ4v) is 3.54. The maximum Gasteiger partial charge on any atom is 0.420 e. The minimum absolute atomic E-state index is 0.0307. The summed E-state index contributed by atoms with van der Waals surface area (Å²) < 4.78 is 101. The number of rotatable bonds is 5. The van der Waals surface area contributed by atoms with Gasteiger partial charge in [0.15, 0.2) is 5.75 Å². The van der Waals surface area contributed by atoms with E-state index in [2.05, 4.69) is 11.8 Å². The second-order valence-corrected chi connectivity index (χ2v) is 8.72. The van der Waals surface area contributed by atoms with Crippen LogP contribution in [0.3, 0.4) is 0 Å². The van der Waals surface area contributed by atoms with Crippen LogP contribution < -0.4 is 14.5 Å². The molecule has 0 aliphatic carbocycles. The molecule has 0 aromatic heterocycles. The van der Waals surface area contributed by atoms with Crippen molar-refractivity contribution in [2.45, 2.75) is 12.4 Å². The number of carbonyl (C=O) groups excluding carboxylic acids is 2. The van der Waals surface area contributed by atoms with Crippen molar-refractivity contribution >= 4 is 23.5 Å². The molecule has 2 aromatic carbocycles. The van der Waals surface area contributed by atoms with Crippen molar-refractivity contribution in [1.29, 1.82) is 0 Å². The largest absolute Gasteiger partial charge is 0.420 e. The van der Waals surface area contributed by atoms with E-state index in [-0.39, 0.29) is 31.4 Å². The number of hydrogen-bond donors (Lipinski definition) is 0. The van der Waals surface area contributed by atoms with Gasteiger partial charge in [-0.15, -0.1) is 0 Å². The van der Waals surface area contributed by atoms with Crippen LogP contribution in [0.1, 0.15) is 11.1 Å². The number of ether oxygens (including phenoxy) is 1. The average molecular weight is 560 g/mol. The first-order chi connectivity index (χ1) is 18.1. The van der Waals surface area contributed by atoms with Gasteiger partial charge in [-0.1, -0.05) is 11.8 Å². The van der Waals surface area contributed by atoms with Gasteiger partial charge in [0.2, 0.25) is 0 Å². The summed E-state index contributed by atoms with van der Waals surface area (Å²) in [5.74, 6) is 3.59. The summed E-state index contributed by atoms with van der Waals surface area (Å²) in [5, 5.41) is 0. The first kappa shape index (κ1) is 29.6. The molecule has 0 unspecified atom stereocenters. The quantitative estimate of drug-likeness (QED) is 0.368. The highest BCUT2D eigenvalue weighted by molar-refractivity contribution is 5.97. The molecule has 0 bridgehead atoms. The van der Waals surface area contributed by atoms with Crippen LogP contribution >= 0.6 is 0 Å². The summed E-state index contributed by atoms with van der Waals surface area (Å²) in [4.78, 5) is 30.1. The lowest BCUT2D eigenvalue weighted by molar-refractivity contribution is -0.143. The molecule has 3 amide bonds. The third kappa shape index (κ3) is 7.11. The van der Waals surface area contributed by atoms with E-state index in [1.807, 2.05) is 0 Å². The molecule has 1 fully saturated rings. The summed E-state index contributed by atoms with van der Waals surface area (Å²) in [6.45, 7) is -0.0756. The van der Waals surface area contributed by atoms with Crippen molar-refractivity contribution in [3.05, 3.63) is 53.3 Å². The van der Waals surface area contributed by atoms with Crippen LogP contribution in [-0.2, 0) is 12.4 Å². The lowest BCUT2D eigenvalue weighted by Gasteiger charge is -2.25. The molecule has 0 spiro atoms. The molecule has 1 saturated heterocycles. The van der Waals surface area contributed by atoms with E-state index in [0.717, 1.165) is 41.1 Å². The van der Waals surface area contributed by atoms with E-state index >= 15 is 0 Å². The Morgan fingerprint density at radius 3 is 2.18 bits per heavy atom. The Hall–Kier alpha value is -3.99. The number of alkyl halides is 6. The van der Waals surface area contributed by atoms with Crippen LogP contribution in [0.25, 0.3) is 0 Å². The normalized spacial score (nSPS) is 14.0. The fourth-order valence-electron chi connectivity index (χ4n) is 3.54. The Morgan fingerprint density at radius 1 is 0.974 bits per heavy atom. The predicted octanol–water partition coefficient (Wildman–Crippen LogP) is 5.31. The van der Waals surface area contributed by atoms with Gasteiger partial charge in [0.05, 0.1) is 24.3 Å². The number of hydrogen-bond acceptors (Lipinski definition) is 4. The van der Waals surface area contributed by atoms with Gasteiger partial charge in [0, 0.05) is 25.8 Å². The number of urea groups is 1. The Balaban J connectivity index is 2.05. The first-order valence-electron chi connectivity index (χ1n) is 11.3. The summed E-state index contributed by atoms with van der Waals surface area (Å²) in [5.41, 5.74) is -4.44. The van der Waals surface area contributed by atoms with Crippen molar-refractivity contribution in [2.24, 2.45) is 0 Å². The van der Waals surface area contributed by atoms with Gasteiger partial charge < -0.3 is 9.64 Å². The fraction of sp³-hybridized carbons (Fsp3) is 0.360. The Morgan fingerprint density at radius 2 is 1.62 bits per heavy atom. The second-order valence-electron chi connectivity index (χ2n) is 8.72. The van der Waals surface area contributed by atoms with Crippen LogP contribution in [0.4, 0.5) is 51.7 Å². The molecule has 0 N–H and O–H groups in total. The van der Waals surface area contributed by atoms with Gasteiger partial charge in [-0.3, -0.25) is 14.7 Å². The molecule has 1 aliphatic heterocycles. The zero-order valence-corrected chi connectivity index (χ0v) is 21.0. The van der Waals surface area contributed by atoms with Crippen molar-refractivity contribution < 1.29 is 45.1 Å². The van der Waals surface area contributed by atoms with Crippen molar-refractivity contribution in [1.82, 2.24) is 9.80 Å². The summed E-state index contributed by atoms with van der Waals surface area (Å²) in [7, 11) is 4.64. The monoisotopic (exact) mass is 560 g/mol. The predicted molar refractivity (Wildman–Crippen MR) is 128 cm³/mol. The molecule has 0 saturated carbocycles. The third-order valence-electron chi connectivity index (χ3n) is 5.56. The summed E-state index contributed by atoms with van der Waals surface area (Å²) in [6, 6.07) is 3.50. The Bertz CT molecular complexity index is 1280. The van der Waals surface area contributed by atoms with Gasteiger partial charge >= 0.3 is 24.5 Å². The van der Waals surface area contributed by atoms with Crippen LogP contribution in [-0.4, -0.2) is 69.2 Å². The minimum atomic E-state index is -5.39. The lowest BCUT2D eigenvalue weighted by atomic mass is 10.1. The second kappa shape index (κ2) is 11.4. The average Bonchev–Trinajstić information content (AvgIpc) is 3.20. The zero-order chi connectivity index (χ0) is 29.1. The van der Waals surface area contributed by atoms with Crippen molar-refractivity contribution in [3.8, 4) is 17.6 Å². The van der Waals surface area contributed by atoms with Crippen LogP contribution in [0, 0.1) is 17.7 Å². The highest BCUT2D eigenvalue weighted by Crippen LogP contribution is 2.47. The number of nitrogens with zero attached hydrogens (tertiary/aromatic N) is 4. The van der Waals surface area contributed by atoms with Crippen LogP contribution in [0.5, 0.6) is 5.75 Å². The highest BCUT2D eigenvalue weighted by Gasteiger charge is 2.44. The molecule has 1 aliphatic rings. The van der Waals surface area contributed by atoms with Gasteiger partial charge in [0.1, 0.15) is 11.4 Å². The third-order valence-corrected chi connectivity index (χ3v) is 5.56. The van der Waals surface area contributed by atoms with Gasteiger partial charge in [-0.05, 0) is 50.5 Å². The maximum atomic E-state index is 14.0. The molecule has 2 aromatic rings. The zero-order valence-electron chi connectivity index (χ0n) is 21.0. The standard InChI is InChI=1S/C25H23F7N4O3/c1-33(2)10-4-5-11-35-12-13-36(22(35)37)20-15-16(24(27,28)29)14-19(25(30,31)32)21(20)39-23(38)34(3)18-8-6-17(26)7-9-18/h6-9,14-15H,10-13H2,1-3H3. The number of carbonyl (C=O) groups is 2. The molecular formula is C25H23F7N4O3. The number of benzene rings is 2. The molecule has 210 valence electrons. The van der Waals surface area contributed by atoms with E-state index in [0.29, 0.717) is 17.5 Å². The molecule has 0 atom stereocenters. The molecule has 39 heavy (non-hydrogen) atoms. The first-order valence-corrected chi connectivity index (χ1v) is 11.3. The molecular weight excluding hydrogens is 537 g/mol. The minimum Gasteiger partial charge on any atom is -0.407 e. The van der Waals surface area contributed by atoms with E-state index in [4.69, 9.17) is 4.74 Å². The Kier molecular flexibility index (Phi) is 8.64. The van der Waals surface area contributed by atoms with Crippen LogP contribution in [0.2, 0.25) is 0 Å². The summed E-state index contributed by atoms with van der Waals surface area (Å²) in [6.07, 6.45) is -12.0. The topological polar surface area (TPSA) is 56.3 Å². The molecule has 3 rings (SSSR count). The van der Waals surface area contributed by atoms with E-state index in [1.165, 1.54) is 0 Å². The molecule has 1 heterocycles. The highest BCUT2D eigenvalue weighted by atomic mass is 19.4. The van der Waals surface area contributed by atoms with E-state index in [1.54, 1.807) is 19.0 Å². The van der Waals surface area contributed by atoms with Crippen molar-refractivity contribution in [3.63, 3.8) is 0 Å². The van der Waals surface area contributed by atoms with Gasteiger partial charge in [-0.2, -0.15) is 26.3 Å². The molecule has 7 nitrogen and oxygen atoms in total. The van der Waals surface area contributed by atoms with Crippen LogP contribution in [0.15, 0.2) is 36.4 Å². The van der Waals surface area contributed by atoms with Crippen molar-refractivity contribution in [2.75, 3.05) is 57.1 Å². The SMILES string of the molecule is CN(C)CC#CCN1CCN(c2cc(C(F)(F)F)cc(C(F)(F)F)c2OC(=O)N(C)c2ccc(F)cc2)C1=O. The maximum absolute atomic E-state index is 14.0. The van der Waals surface area contributed by atoms with E-state index in [9.17, 15) is 40.3 Å². The van der Waals surface area contributed by atoms with Gasteiger partial charge in [-0.25, -0.2) is 14.0 Å². The van der Waals surface area contributed by atoms with Gasteiger partial charge in [0.25, 0.3) is 0 Å². The number of halogens is 7. The molecule has 0 radical (unpaired) electrons. The smallest absolute Gasteiger partial charge is 0.407 e. The number of amides is 3.